The summed E-state index contributed by atoms with van der Waals surface area (Å²) in [4.78, 5) is 42.8. The van der Waals surface area contributed by atoms with Gasteiger partial charge in [-0.15, -0.1) is 6.58 Å². The predicted molar refractivity (Wildman–Crippen MR) is 119 cm³/mol. The molecule has 178 valence electrons. The molecule has 3 saturated heterocycles. The Bertz CT molecular complexity index is 964. The average Bonchev–Trinajstić information content (AvgIpc) is 3.36. The van der Waals surface area contributed by atoms with Gasteiger partial charge in [0.1, 0.15) is 17.4 Å². The zero-order valence-corrected chi connectivity index (χ0v) is 18.9. The molecule has 0 saturated carbocycles. The van der Waals surface area contributed by atoms with Crippen LogP contribution in [0.25, 0.3) is 0 Å². The molecular formula is C24H30N2O7. The molecule has 1 spiro atoms. The van der Waals surface area contributed by atoms with Crippen molar-refractivity contribution >= 4 is 23.5 Å². The van der Waals surface area contributed by atoms with E-state index in [-0.39, 0.29) is 32.0 Å². The topological polar surface area (TPSA) is 117 Å². The van der Waals surface area contributed by atoms with Crippen LogP contribution in [0.4, 0.5) is 5.69 Å². The molecule has 3 heterocycles. The van der Waals surface area contributed by atoms with E-state index < -0.39 is 41.0 Å². The molecule has 1 aromatic rings. The van der Waals surface area contributed by atoms with Gasteiger partial charge in [-0.25, -0.2) is 0 Å². The molecule has 4 rings (SSSR count). The Hall–Kier alpha value is -2.91. The Kier molecular flexibility index (Phi) is 5.96. The van der Waals surface area contributed by atoms with Gasteiger partial charge in [0.25, 0.3) is 5.91 Å². The molecule has 2 N–H and O–H groups in total. The lowest BCUT2D eigenvalue weighted by atomic mass is 9.66. The van der Waals surface area contributed by atoms with Gasteiger partial charge in [0, 0.05) is 25.4 Å². The maximum atomic E-state index is 14.1. The number of benzene rings is 1. The average molecular weight is 459 g/mol. The molecule has 0 aromatic heterocycles. The van der Waals surface area contributed by atoms with Crippen LogP contribution in [-0.4, -0.2) is 76.9 Å². The molecule has 5 atom stereocenters. The van der Waals surface area contributed by atoms with Gasteiger partial charge < -0.3 is 29.5 Å². The van der Waals surface area contributed by atoms with Gasteiger partial charge >= 0.3 is 5.97 Å². The fourth-order valence-corrected chi connectivity index (χ4v) is 5.92. The molecule has 3 aliphatic rings. The summed E-state index contributed by atoms with van der Waals surface area (Å²) in [5, 5.41) is 19.3. The fraction of sp³-hybridized carbons (Fsp3) is 0.542. The first-order valence-corrected chi connectivity index (χ1v) is 11.1. The Morgan fingerprint density at radius 3 is 2.61 bits per heavy atom. The third kappa shape index (κ3) is 3.41. The van der Waals surface area contributed by atoms with Crippen molar-refractivity contribution in [2.45, 2.75) is 43.4 Å². The summed E-state index contributed by atoms with van der Waals surface area (Å²) < 4.78 is 11.6. The lowest BCUT2D eigenvalue weighted by molar-refractivity contribution is -0.154. The van der Waals surface area contributed by atoms with Crippen molar-refractivity contribution in [2.75, 3.05) is 31.7 Å². The van der Waals surface area contributed by atoms with Gasteiger partial charge in [-0.1, -0.05) is 6.08 Å². The van der Waals surface area contributed by atoms with Crippen LogP contribution in [-0.2, 0) is 19.1 Å². The van der Waals surface area contributed by atoms with Crippen molar-refractivity contribution in [2.24, 2.45) is 11.8 Å². The number of hydrogen-bond acceptors (Lipinski definition) is 6. The van der Waals surface area contributed by atoms with E-state index in [1.165, 1.54) is 9.80 Å². The van der Waals surface area contributed by atoms with Crippen LogP contribution in [0, 0.1) is 11.8 Å². The number of nitrogens with zero attached hydrogens (tertiary/aromatic N) is 2. The summed E-state index contributed by atoms with van der Waals surface area (Å²) in [5.74, 6) is -3.18. The Balaban J connectivity index is 1.78. The first-order chi connectivity index (χ1) is 15.7. The van der Waals surface area contributed by atoms with E-state index in [9.17, 15) is 24.6 Å². The molecule has 3 fully saturated rings. The van der Waals surface area contributed by atoms with Crippen LogP contribution in [0.5, 0.6) is 5.75 Å². The van der Waals surface area contributed by atoms with E-state index in [4.69, 9.17) is 9.47 Å². The first-order valence-electron chi connectivity index (χ1n) is 11.1. The normalized spacial score (nSPS) is 32.0. The number of aliphatic carboxylic acids is 1. The van der Waals surface area contributed by atoms with Gasteiger partial charge in [0.05, 0.1) is 24.5 Å². The largest absolute Gasteiger partial charge is 0.497 e. The first kappa shape index (κ1) is 23.3. The summed E-state index contributed by atoms with van der Waals surface area (Å²) in [6, 6.07) is 5.98. The fourth-order valence-electron chi connectivity index (χ4n) is 5.92. The second-order valence-corrected chi connectivity index (χ2v) is 9.11. The molecule has 2 bridgehead atoms. The van der Waals surface area contributed by atoms with Crippen LogP contribution in [0.15, 0.2) is 36.9 Å². The van der Waals surface area contributed by atoms with Gasteiger partial charge in [0.15, 0.2) is 0 Å². The smallest absolute Gasteiger partial charge is 0.310 e. The zero-order valence-electron chi connectivity index (χ0n) is 18.9. The van der Waals surface area contributed by atoms with Crippen LogP contribution >= 0.6 is 0 Å². The number of ether oxygens (including phenoxy) is 2. The number of aliphatic hydroxyl groups is 1. The molecule has 2 unspecified atom stereocenters. The minimum Gasteiger partial charge on any atom is -0.497 e. The summed E-state index contributed by atoms with van der Waals surface area (Å²) in [7, 11) is 1.55. The molecule has 0 aliphatic carbocycles. The molecule has 2 amide bonds. The lowest BCUT2D eigenvalue weighted by Crippen LogP contribution is -2.56. The molecule has 33 heavy (non-hydrogen) atoms. The van der Waals surface area contributed by atoms with E-state index in [0.29, 0.717) is 24.3 Å². The van der Waals surface area contributed by atoms with E-state index in [1.54, 1.807) is 44.4 Å². The maximum absolute atomic E-state index is 14.1. The summed E-state index contributed by atoms with van der Waals surface area (Å²) >= 11 is 0. The number of carbonyl (C=O) groups is 3. The van der Waals surface area contributed by atoms with Crippen LogP contribution < -0.4 is 9.64 Å². The second-order valence-electron chi connectivity index (χ2n) is 9.11. The number of carboxylic acid groups (broad SMARTS) is 1. The number of carbonyl (C=O) groups excluding carboxylic acids is 2. The van der Waals surface area contributed by atoms with Crippen molar-refractivity contribution in [3.63, 3.8) is 0 Å². The monoisotopic (exact) mass is 458 g/mol. The van der Waals surface area contributed by atoms with Gasteiger partial charge in [0.2, 0.25) is 5.91 Å². The number of likely N-dealkylation sites (tertiary alicyclic amines) is 1. The number of rotatable bonds is 9. The molecule has 3 aliphatic heterocycles. The van der Waals surface area contributed by atoms with Crippen molar-refractivity contribution in [1.29, 1.82) is 0 Å². The molecule has 9 heteroatoms. The maximum Gasteiger partial charge on any atom is 0.310 e. The van der Waals surface area contributed by atoms with E-state index in [0.717, 1.165) is 0 Å². The summed E-state index contributed by atoms with van der Waals surface area (Å²) in [5.41, 5.74) is -1.62. The summed E-state index contributed by atoms with van der Waals surface area (Å²) in [6.07, 6.45) is 2.74. The van der Waals surface area contributed by atoms with Crippen LogP contribution in [0.3, 0.4) is 0 Å². The number of methoxy groups -OCH3 is 1. The van der Waals surface area contributed by atoms with Gasteiger partial charge in [-0.2, -0.15) is 0 Å². The summed E-state index contributed by atoms with van der Waals surface area (Å²) in [6.45, 7) is 5.67. The Labute approximate surface area is 192 Å². The number of amides is 2. The number of anilines is 1. The number of carboxylic acids is 1. The molecule has 0 radical (unpaired) electrons. The quantitative estimate of drug-likeness (QED) is 0.538. The number of hydrogen-bond donors (Lipinski definition) is 2. The highest BCUT2D eigenvalue weighted by Crippen LogP contribution is 2.63. The van der Waals surface area contributed by atoms with Crippen LogP contribution in [0.2, 0.25) is 0 Å². The number of aliphatic hydroxyl groups excluding tert-OH is 1. The zero-order chi connectivity index (χ0) is 24.0. The predicted octanol–water partition coefficient (Wildman–Crippen LogP) is 1.45. The minimum absolute atomic E-state index is 0.140. The molecule has 1 aromatic carbocycles. The Morgan fingerprint density at radius 2 is 2.03 bits per heavy atom. The highest BCUT2D eigenvalue weighted by molar-refractivity contribution is 6.04. The Morgan fingerprint density at radius 1 is 1.33 bits per heavy atom. The molecular weight excluding hydrogens is 428 g/mol. The van der Waals surface area contributed by atoms with Crippen molar-refractivity contribution in [3.8, 4) is 5.75 Å². The highest BCUT2D eigenvalue weighted by Gasteiger charge is 2.78. The van der Waals surface area contributed by atoms with Crippen molar-refractivity contribution < 1.29 is 34.1 Å². The van der Waals surface area contributed by atoms with E-state index >= 15 is 0 Å². The standard InChI is InChI=1S/C24H30N2O7/c1-4-12-25(15-6-8-16(32-3)9-7-15)21(29)19-24-11-10-23(2,33-24)18(22(30)31)17(24)20(28)26(19)13-5-14-27/h4,6-9,17-19,27H,1,5,10-14H2,2-3H3,(H,30,31)/t17-,18-,19?,23+,24?/m0/s1. The lowest BCUT2D eigenvalue weighted by Gasteiger charge is -2.36. The van der Waals surface area contributed by atoms with E-state index in [2.05, 4.69) is 6.58 Å². The van der Waals surface area contributed by atoms with Gasteiger partial charge in [-0.05, 0) is 50.5 Å². The van der Waals surface area contributed by atoms with E-state index in [1.807, 2.05) is 0 Å². The minimum atomic E-state index is -1.21. The van der Waals surface area contributed by atoms with Crippen molar-refractivity contribution in [1.82, 2.24) is 4.90 Å². The molecule has 9 nitrogen and oxygen atoms in total. The SMILES string of the molecule is C=CCN(C(=O)C1N(CCCO)C(=O)[C@@H]2[C@@H](C(=O)O)[C@@]3(C)CCC12O3)c1ccc(OC)cc1. The van der Waals surface area contributed by atoms with Crippen molar-refractivity contribution in [3.05, 3.63) is 36.9 Å². The van der Waals surface area contributed by atoms with Gasteiger partial charge in [-0.3, -0.25) is 14.4 Å². The highest BCUT2D eigenvalue weighted by atomic mass is 16.5. The second kappa shape index (κ2) is 8.46. The van der Waals surface area contributed by atoms with Crippen LogP contribution in [0.1, 0.15) is 26.2 Å². The third-order valence-electron chi connectivity index (χ3n) is 7.30. The number of fused-ring (bicyclic) bond motifs is 1. The third-order valence-corrected chi connectivity index (χ3v) is 7.30.